The van der Waals surface area contributed by atoms with Crippen LogP contribution in [0.5, 0.6) is 0 Å². The Hall–Kier alpha value is -2.14. The number of hydrogen-bond acceptors (Lipinski definition) is 2. The molecular weight excluding hydrogens is 476 g/mol. The molecule has 1 fully saturated rings. The Balaban J connectivity index is 1.69. The van der Waals surface area contributed by atoms with Gasteiger partial charge in [0, 0.05) is 23.5 Å². The first-order valence-corrected chi connectivity index (χ1v) is 13.1. The largest absolute Gasteiger partial charge is 0.352 e. The zero-order chi connectivity index (χ0) is 23.8. The highest BCUT2D eigenvalue weighted by atomic mass is 79.9. The van der Waals surface area contributed by atoms with E-state index in [-0.39, 0.29) is 17.9 Å². The molecule has 0 radical (unpaired) electrons. The van der Waals surface area contributed by atoms with Crippen molar-refractivity contribution < 1.29 is 9.59 Å². The summed E-state index contributed by atoms with van der Waals surface area (Å²) in [6.07, 6.45) is 6.69. The van der Waals surface area contributed by atoms with Gasteiger partial charge in [-0.3, -0.25) is 9.59 Å². The van der Waals surface area contributed by atoms with Crippen molar-refractivity contribution >= 4 is 27.7 Å². The maximum absolute atomic E-state index is 13.4. The second kappa shape index (κ2) is 12.4. The number of carbonyl (C=O) groups is 2. The molecule has 4 nitrogen and oxygen atoms in total. The molecule has 2 aromatic carbocycles. The van der Waals surface area contributed by atoms with Gasteiger partial charge in [-0.1, -0.05) is 85.4 Å². The lowest BCUT2D eigenvalue weighted by Crippen LogP contribution is -2.50. The summed E-state index contributed by atoms with van der Waals surface area (Å²) >= 11 is 3.52. The van der Waals surface area contributed by atoms with Gasteiger partial charge in [-0.15, -0.1) is 0 Å². The van der Waals surface area contributed by atoms with Gasteiger partial charge in [0.2, 0.25) is 11.8 Å². The Morgan fingerprint density at radius 2 is 1.70 bits per heavy atom. The quantitative estimate of drug-likeness (QED) is 0.424. The molecule has 3 rings (SSSR count). The van der Waals surface area contributed by atoms with Gasteiger partial charge in [0.25, 0.3) is 0 Å². The SMILES string of the molecule is CC(C)c1ccc(CCC(=O)N(Cc2cccc(Br)c2)[C@H](C)C(=O)NC2CCCCC2)cc1. The molecule has 2 amide bonds. The molecule has 5 heteroatoms. The van der Waals surface area contributed by atoms with Crippen LogP contribution in [0.1, 0.15) is 81.9 Å². The van der Waals surface area contributed by atoms with Crippen LogP contribution in [0.4, 0.5) is 0 Å². The van der Waals surface area contributed by atoms with Gasteiger partial charge in [0.1, 0.15) is 6.04 Å². The zero-order valence-electron chi connectivity index (χ0n) is 20.1. The second-order valence-electron chi connectivity index (χ2n) is 9.57. The lowest BCUT2D eigenvalue weighted by atomic mass is 9.95. The molecule has 1 N–H and O–H groups in total. The van der Waals surface area contributed by atoms with Crippen LogP contribution in [0.2, 0.25) is 0 Å². The Bertz CT molecular complexity index is 920. The van der Waals surface area contributed by atoms with Gasteiger partial charge in [-0.05, 0) is 60.9 Å². The van der Waals surface area contributed by atoms with Crippen LogP contribution < -0.4 is 5.32 Å². The number of halogens is 1. The number of hydrogen-bond donors (Lipinski definition) is 1. The van der Waals surface area contributed by atoms with Gasteiger partial charge in [0.15, 0.2) is 0 Å². The summed E-state index contributed by atoms with van der Waals surface area (Å²) < 4.78 is 0.969. The van der Waals surface area contributed by atoms with Crippen molar-refractivity contribution in [2.45, 2.75) is 90.3 Å². The fourth-order valence-electron chi connectivity index (χ4n) is 4.45. The van der Waals surface area contributed by atoms with E-state index in [0.29, 0.717) is 25.3 Å². The molecule has 0 unspecified atom stereocenters. The number of aryl methyl sites for hydroxylation is 1. The average Bonchev–Trinajstić information content (AvgIpc) is 2.81. The van der Waals surface area contributed by atoms with E-state index in [1.807, 2.05) is 31.2 Å². The van der Waals surface area contributed by atoms with Crippen molar-refractivity contribution in [1.29, 1.82) is 0 Å². The summed E-state index contributed by atoms with van der Waals surface area (Å²) in [6, 6.07) is 16.2. The van der Waals surface area contributed by atoms with E-state index in [9.17, 15) is 9.59 Å². The number of nitrogens with one attached hydrogen (secondary N) is 1. The Morgan fingerprint density at radius 3 is 2.33 bits per heavy atom. The fraction of sp³-hybridized carbons (Fsp3) is 0.500. The van der Waals surface area contributed by atoms with Gasteiger partial charge in [-0.25, -0.2) is 0 Å². The van der Waals surface area contributed by atoms with Crippen LogP contribution in [-0.4, -0.2) is 28.8 Å². The highest BCUT2D eigenvalue weighted by Crippen LogP contribution is 2.20. The zero-order valence-corrected chi connectivity index (χ0v) is 21.7. The molecule has 0 heterocycles. The molecule has 2 aromatic rings. The Morgan fingerprint density at radius 1 is 1.00 bits per heavy atom. The molecule has 1 saturated carbocycles. The predicted octanol–water partition coefficient (Wildman–Crippen LogP) is 6.37. The van der Waals surface area contributed by atoms with Crippen LogP contribution in [0.15, 0.2) is 53.0 Å². The molecule has 0 bridgehead atoms. The van der Waals surface area contributed by atoms with Crippen molar-refractivity contribution in [3.8, 4) is 0 Å². The normalized spacial score (nSPS) is 15.3. The lowest BCUT2D eigenvalue weighted by molar-refractivity contribution is -0.141. The van der Waals surface area contributed by atoms with Gasteiger partial charge >= 0.3 is 0 Å². The maximum Gasteiger partial charge on any atom is 0.242 e. The first-order valence-electron chi connectivity index (χ1n) is 12.3. The first-order chi connectivity index (χ1) is 15.8. The third-order valence-corrected chi connectivity index (χ3v) is 7.13. The van der Waals surface area contributed by atoms with Crippen LogP contribution >= 0.6 is 15.9 Å². The number of amides is 2. The molecule has 0 saturated heterocycles. The van der Waals surface area contributed by atoms with E-state index in [0.717, 1.165) is 41.3 Å². The van der Waals surface area contributed by atoms with Crippen molar-refractivity contribution in [3.63, 3.8) is 0 Å². The predicted molar refractivity (Wildman–Crippen MR) is 138 cm³/mol. The van der Waals surface area contributed by atoms with Crippen molar-refractivity contribution in [2.75, 3.05) is 0 Å². The molecular formula is C28H37BrN2O2. The monoisotopic (exact) mass is 512 g/mol. The first kappa shape index (κ1) is 25.5. The van der Waals surface area contributed by atoms with Gasteiger partial charge < -0.3 is 10.2 Å². The van der Waals surface area contributed by atoms with Crippen molar-refractivity contribution in [1.82, 2.24) is 10.2 Å². The van der Waals surface area contributed by atoms with Crippen molar-refractivity contribution in [2.24, 2.45) is 0 Å². The van der Waals surface area contributed by atoms with E-state index in [1.165, 1.54) is 12.0 Å². The van der Waals surface area contributed by atoms with E-state index in [2.05, 4.69) is 59.4 Å². The highest BCUT2D eigenvalue weighted by Gasteiger charge is 2.28. The van der Waals surface area contributed by atoms with Gasteiger partial charge in [0.05, 0.1) is 0 Å². The smallest absolute Gasteiger partial charge is 0.242 e. The lowest BCUT2D eigenvalue weighted by Gasteiger charge is -2.31. The molecule has 0 spiro atoms. The van der Waals surface area contributed by atoms with Crippen LogP contribution in [0.3, 0.4) is 0 Å². The summed E-state index contributed by atoms with van der Waals surface area (Å²) in [5.41, 5.74) is 3.46. The van der Waals surface area contributed by atoms with Crippen molar-refractivity contribution in [3.05, 3.63) is 69.7 Å². The third-order valence-electron chi connectivity index (χ3n) is 6.63. The fourth-order valence-corrected chi connectivity index (χ4v) is 4.89. The van der Waals surface area contributed by atoms with Crippen LogP contribution in [0, 0.1) is 0 Å². The number of benzene rings is 2. The summed E-state index contributed by atoms with van der Waals surface area (Å²) in [6.45, 7) is 6.63. The van der Waals surface area contributed by atoms with Crippen LogP contribution in [0.25, 0.3) is 0 Å². The summed E-state index contributed by atoms with van der Waals surface area (Å²) in [4.78, 5) is 28.2. The van der Waals surface area contributed by atoms with E-state index in [1.54, 1.807) is 4.90 Å². The van der Waals surface area contributed by atoms with Crippen LogP contribution in [-0.2, 0) is 22.6 Å². The standard InChI is InChI=1S/C28H37BrN2O2/c1-20(2)24-15-12-22(13-16-24)14-17-27(32)31(19-23-8-7-9-25(29)18-23)21(3)28(33)30-26-10-5-4-6-11-26/h7-9,12-13,15-16,18,20-21,26H,4-6,10-11,14,17,19H2,1-3H3,(H,30,33)/t21-/m1/s1. The minimum Gasteiger partial charge on any atom is -0.352 e. The maximum atomic E-state index is 13.4. The van der Waals surface area contributed by atoms with E-state index >= 15 is 0 Å². The molecule has 1 atom stereocenters. The topological polar surface area (TPSA) is 49.4 Å². The number of carbonyl (C=O) groups excluding carboxylic acids is 2. The third kappa shape index (κ3) is 7.70. The summed E-state index contributed by atoms with van der Waals surface area (Å²) in [5, 5.41) is 3.20. The minimum atomic E-state index is -0.512. The molecule has 1 aliphatic carbocycles. The average molecular weight is 514 g/mol. The number of rotatable bonds is 9. The molecule has 1 aliphatic rings. The summed E-state index contributed by atoms with van der Waals surface area (Å²) in [5.74, 6) is 0.450. The molecule has 33 heavy (non-hydrogen) atoms. The molecule has 178 valence electrons. The van der Waals surface area contributed by atoms with E-state index < -0.39 is 6.04 Å². The van der Waals surface area contributed by atoms with Gasteiger partial charge in [-0.2, -0.15) is 0 Å². The Kier molecular flexibility index (Phi) is 9.54. The Labute approximate surface area is 207 Å². The minimum absolute atomic E-state index is 0.00852. The number of nitrogens with zero attached hydrogens (tertiary/aromatic N) is 1. The second-order valence-corrected chi connectivity index (χ2v) is 10.5. The summed E-state index contributed by atoms with van der Waals surface area (Å²) in [7, 11) is 0. The van der Waals surface area contributed by atoms with E-state index in [4.69, 9.17) is 0 Å². The molecule has 0 aliphatic heterocycles. The highest BCUT2D eigenvalue weighted by molar-refractivity contribution is 9.10. The molecule has 0 aromatic heterocycles.